The molecule has 29 heavy (non-hydrogen) atoms. The van der Waals surface area contributed by atoms with Crippen molar-refractivity contribution in [1.29, 1.82) is 0 Å². The highest BCUT2D eigenvalue weighted by atomic mass is 32.2. The van der Waals surface area contributed by atoms with Gasteiger partial charge in [0.1, 0.15) is 0 Å². The van der Waals surface area contributed by atoms with Crippen molar-refractivity contribution in [3.63, 3.8) is 0 Å². The number of nitrogens with zero attached hydrogens (tertiary/aromatic N) is 2. The molecule has 1 aromatic rings. The Morgan fingerprint density at radius 2 is 1.69 bits per heavy atom. The Bertz CT molecular complexity index is 772. The molecule has 2 rings (SSSR count). The van der Waals surface area contributed by atoms with Gasteiger partial charge in [0.25, 0.3) is 0 Å². The van der Waals surface area contributed by atoms with Crippen LogP contribution in [0.15, 0.2) is 29.2 Å². The van der Waals surface area contributed by atoms with Gasteiger partial charge in [-0.2, -0.15) is 4.31 Å². The summed E-state index contributed by atoms with van der Waals surface area (Å²) >= 11 is 0. The predicted molar refractivity (Wildman–Crippen MR) is 112 cm³/mol. The first-order chi connectivity index (χ1) is 13.8. The van der Waals surface area contributed by atoms with Crippen LogP contribution >= 0.6 is 0 Å². The highest BCUT2D eigenvalue weighted by Gasteiger charge is 2.29. The van der Waals surface area contributed by atoms with Gasteiger partial charge >= 0.3 is 6.03 Å². The third-order valence-electron chi connectivity index (χ3n) is 5.06. The van der Waals surface area contributed by atoms with E-state index in [4.69, 9.17) is 5.73 Å². The van der Waals surface area contributed by atoms with E-state index in [1.54, 1.807) is 17.0 Å². The van der Waals surface area contributed by atoms with E-state index in [0.29, 0.717) is 44.0 Å². The third kappa shape index (κ3) is 7.01. The Labute approximate surface area is 173 Å². The molecule has 0 bridgehead atoms. The van der Waals surface area contributed by atoms with Crippen LogP contribution in [0.2, 0.25) is 0 Å². The zero-order valence-electron chi connectivity index (χ0n) is 17.1. The van der Waals surface area contributed by atoms with Gasteiger partial charge in [0.15, 0.2) is 0 Å². The minimum absolute atomic E-state index is 0.0498. The summed E-state index contributed by atoms with van der Waals surface area (Å²) in [5, 5.41) is 2.52. The number of benzene rings is 1. The molecule has 0 radical (unpaired) electrons. The van der Waals surface area contributed by atoms with Gasteiger partial charge < -0.3 is 16.0 Å². The van der Waals surface area contributed by atoms with E-state index in [9.17, 15) is 18.0 Å². The lowest BCUT2D eigenvalue weighted by atomic mass is 10.1. The lowest BCUT2D eigenvalue weighted by Crippen LogP contribution is -2.50. The summed E-state index contributed by atoms with van der Waals surface area (Å²) < 4.78 is 27.1. The van der Waals surface area contributed by atoms with Gasteiger partial charge in [-0.3, -0.25) is 4.79 Å². The molecule has 1 aliphatic heterocycles. The van der Waals surface area contributed by atoms with Crippen LogP contribution in [-0.2, 0) is 21.2 Å². The minimum atomic E-state index is -3.53. The number of primary amides is 1. The predicted octanol–water partition coefficient (Wildman–Crippen LogP) is 1.70. The number of urea groups is 1. The quantitative estimate of drug-likeness (QED) is 0.557. The van der Waals surface area contributed by atoms with E-state index in [-0.39, 0.29) is 5.91 Å². The molecule has 0 aliphatic carbocycles. The van der Waals surface area contributed by atoms with Crippen molar-refractivity contribution < 1.29 is 18.0 Å². The van der Waals surface area contributed by atoms with Crippen molar-refractivity contribution in [3.8, 4) is 0 Å². The van der Waals surface area contributed by atoms with Crippen LogP contribution in [0.1, 0.15) is 44.6 Å². The molecule has 9 heteroatoms. The number of nitrogens with one attached hydrogen (secondary N) is 1. The van der Waals surface area contributed by atoms with Gasteiger partial charge in [0.05, 0.1) is 4.90 Å². The number of unbranched alkanes of at least 4 members (excludes halogenated alkanes) is 2. The Kier molecular flexibility index (Phi) is 8.91. The first-order valence-corrected chi connectivity index (χ1v) is 11.7. The Morgan fingerprint density at radius 3 is 2.28 bits per heavy atom. The molecule has 3 N–H and O–H groups in total. The first kappa shape index (κ1) is 23.2. The lowest BCUT2D eigenvalue weighted by molar-refractivity contribution is -0.132. The second kappa shape index (κ2) is 11.2. The molecule has 0 aromatic heterocycles. The number of hydrogen-bond donors (Lipinski definition) is 2. The number of carbonyl (C=O) groups excluding carboxylic acids is 2. The molecule has 0 unspecified atom stereocenters. The van der Waals surface area contributed by atoms with Crippen LogP contribution in [0.5, 0.6) is 0 Å². The second-order valence-corrected chi connectivity index (χ2v) is 9.22. The molecular weight excluding hydrogens is 392 g/mol. The summed E-state index contributed by atoms with van der Waals surface area (Å²) in [6.07, 6.45) is 4.73. The maximum Gasteiger partial charge on any atom is 0.312 e. The van der Waals surface area contributed by atoms with Crippen molar-refractivity contribution in [2.75, 3.05) is 32.7 Å². The van der Waals surface area contributed by atoms with Crippen molar-refractivity contribution in [2.24, 2.45) is 5.73 Å². The molecule has 0 saturated carbocycles. The molecule has 8 nitrogen and oxygen atoms in total. The molecule has 1 saturated heterocycles. The number of nitrogens with two attached hydrogens (primary N) is 1. The van der Waals surface area contributed by atoms with Gasteiger partial charge in [0.2, 0.25) is 15.9 Å². The highest BCUT2D eigenvalue weighted by molar-refractivity contribution is 7.89. The topological polar surface area (TPSA) is 113 Å². The molecule has 1 aliphatic rings. The van der Waals surface area contributed by atoms with Crippen molar-refractivity contribution in [2.45, 2.75) is 50.3 Å². The van der Waals surface area contributed by atoms with Gasteiger partial charge in [-0.15, -0.1) is 0 Å². The van der Waals surface area contributed by atoms with Gasteiger partial charge in [-0.25, -0.2) is 13.2 Å². The summed E-state index contributed by atoms with van der Waals surface area (Å²) in [7, 11) is -3.53. The number of amides is 3. The Balaban J connectivity index is 1.77. The van der Waals surface area contributed by atoms with Gasteiger partial charge in [-0.1, -0.05) is 31.9 Å². The van der Waals surface area contributed by atoms with Crippen LogP contribution in [0.25, 0.3) is 0 Å². The number of aryl methyl sites for hydroxylation is 1. The van der Waals surface area contributed by atoms with Crippen LogP contribution in [0.3, 0.4) is 0 Å². The van der Waals surface area contributed by atoms with E-state index < -0.39 is 16.1 Å². The fraction of sp³-hybridized carbons (Fsp3) is 0.600. The Hall–Kier alpha value is -2.13. The number of sulfonamides is 1. The van der Waals surface area contributed by atoms with Gasteiger partial charge in [0, 0.05) is 39.1 Å². The first-order valence-electron chi connectivity index (χ1n) is 10.2. The molecule has 0 spiro atoms. The smallest absolute Gasteiger partial charge is 0.312 e. The average molecular weight is 425 g/mol. The summed E-state index contributed by atoms with van der Waals surface area (Å²) in [6.45, 7) is 4.05. The van der Waals surface area contributed by atoms with Crippen molar-refractivity contribution in [1.82, 2.24) is 14.5 Å². The Morgan fingerprint density at radius 1 is 1.03 bits per heavy atom. The second-order valence-electron chi connectivity index (χ2n) is 7.28. The zero-order chi connectivity index (χ0) is 21.3. The fourth-order valence-electron chi connectivity index (χ4n) is 3.39. The number of piperazine rings is 1. The van der Waals surface area contributed by atoms with Crippen molar-refractivity contribution >= 4 is 22.0 Å². The van der Waals surface area contributed by atoms with Crippen molar-refractivity contribution in [3.05, 3.63) is 29.8 Å². The van der Waals surface area contributed by atoms with Crippen LogP contribution in [-0.4, -0.2) is 62.3 Å². The largest absolute Gasteiger partial charge is 0.352 e. The molecule has 1 heterocycles. The standard InChI is InChI=1S/C20H32N4O4S/c1-2-6-17-8-10-18(11-9-17)29(27,28)24-15-13-23(14-16-24)19(25)7-4-3-5-12-22-20(21)26/h8-11H,2-7,12-16H2,1H3,(H3,21,22,26). The van der Waals surface area contributed by atoms with Gasteiger partial charge in [-0.05, 0) is 37.0 Å². The summed E-state index contributed by atoms with van der Waals surface area (Å²) in [5.74, 6) is 0.0498. The number of carbonyl (C=O) groups is 2. The van der Waals surface area contributed by atoms with E-state index in [1.807, 2.05) is 12.1 Å². The maximum atomic E-state index is 12.8. The SMILES string of the molecule is CCCc1ccc(S(=O)(=O)N2CCN(C(=O)CCCCCNC(N)=O)CC2)cc1. The fourth-order valence-corrected chi connectivity index (χ4v) is 4.81. The summed E-state index contributed by atoms with van der Waals surface area (Å²) in [4.78, 5) is 25.0. The third-order valence-corrected chi connectivity index (χ3v) is 6.97. The minimum Gasteiger partial charge on any atom is -0.352 e. The van der Waals surface area contributed by atoms with E-state index in [0.717, 1.165) is 37.7 Å². The van der Waals surface area contributed by atoms with Crippen LogP contribution in [0, 0.1) is 0 Å². The summed E-state index contributed by atoms with van der Waals surface area (Å²) in [6, 6.07) is 6.55. The molecule has 162 valence electrons. The van der Waals surface area contributed by atoms with E-state index >= 15 is 0 Å². The van der Waals surface area contributed by atoms with E-state index in [1.165, 1.54) is 4.31 Å². The maximum absolute atomic E-state index is 12.8. The molecular formula is C20H32N4O4S. The average Bonchev–Trinajstić information content (AvgIpc) is 2.71. The summed E-state index contributed by atoms with van der Waals surface area (Å²) in [5.41, 5.74) is 6.12. The monoisotopic (exact) mass is 424 g/mol. The lowest BCUT2D eigenvalue weighted by Gasteiger charge is -2.34. The molecule has 1 aromatic carbocycles. The molecule has 0 atom stereocenters. The normalized spacial score (nSPS) is 15.3. The molecule has 3 amide bonds. The molecule has 1 fully saturated rings. The highest BCUT2D eigenvalue weighted by Crippen LogP contribution is 2.19. The number of rotatable bonds is 10. The van der Waals surface area contributed by atoms with Crippen LogP contribution in [0.4, 0.5) is 4.79 Å². The number of hydrogen-bond acceptors (Lipinski definition) is 4. The van der Waals surface area contributed by atoms with E-state index in [2.05, 4.69) is 12.2 Å². The zero-order valence-corrected chi connectivity index (χ0v) is 17.9. The van der Waals surface area contributed by atoms with Crippen LogP contribution < -0.4 is 11.1 Å².